The lowest BCUT2D eigenvalue weighted by molar-refractivity contribution is -0.139. The summed E-state index contributed by atoms with van der Waals surface area (Å²) in [4.78, 5) is 30.4. The topological polar surface area (TPSA) is 71.5 Å². The SMILES string of the molecule is COCC(=O)N1CCC[C@H]1C(=O)Nc1nc2ccccc2s1. The van der Waals surface area contributed by atoms with Gasteiger partial charge in [-0.1, -0.05) is 23.5 Å². The number of carbonyl (C=O) groups excluding carboxylic acids is 2. The fraction of sp³-hybridized carbons (Fsp3) is 0.400. The van der Waals surface area contributed by atoms with Crippen LogP contribution in [-0.2, 0) is 14.3 Å². The molecule has 0 aliphatic carbocycles. The van der Waals surface area contributed by atoms with Gasteiger partial charge in [0.2, 0.25) is 11.8 Å². The van der Waals surface area contributed by atoms with Crippen molar-refractivity contribution < 1.29 is 14.3 Å². The molecule has 1 N–H and O–H groups in total. The molecule has 0 spiro atoms. The van der Waals surface area contributed by atoms with Crippen LogP contribution < -0.4 is 5.32 Å². The van der Waals surface area contributed by atoms with Crippen LogP contribution in [0, 0.1) is 0 Å². The van der Waals surface area contributed by atoms with Crippen molar-refractivity contribution in [2.24, 2.45) is 0 Å². The van der Waals surface area contributed by atoms with Crippen molar-refractivity contribution in [3.63, 3.8) is 0 Å². The number of anilines is 1. The highest BCUT2D eigenvalue weighted by molar-refractivity contribution is 7.22. The summed E-state index contributed by atoms with van der Waals surface area (Å²) in [7, 11) is 1.48. The van der Waals surface area contributed by atoms with Crippen LogP contribution in [0.25, 0.3) is 10.2 Å². The van der Waals surface area contributed by atoms with Crippen LogP contribution in [0.2, 0.25) is 0 Å². The Morgan fingerprint density at radius 1 is 1.45 bits per heavy atom. The number of hydrogen-bond donors (Lipinski definition) is 1. The molecular weight excluding hydrogens is 302 g/mol. The summed E-state index contributed by atoms with van der Waals surface area (Å²) in [5.41, 5.74) is 0.863. The number of benzene rings is 1. The van der Waals surface area contributed by atoms with Crippen LogP contribution in [0.4, 0.5) is 5.13 Å². The Morgan fingerprint density at radius 3 is 3.05 bits per heavy atom. The third-order valence-corrected chi connectivity index (χ3v) is 4.62. The number of aromatic nitrogens is 1. The molecule has 1 aliphatic rings. The highest BCUT2D eigenvalue weighted by atomic mass is 32.1. The van der Waals surface area contributed by atoms with Crippen molar-refractivity contribution in [2.45, 2.75) is 18.9 Å². The van der Waals surface area contributed by atoms with E-state index in [2.05, 4.69) is 10.3 Å². The van der Waals surface area contributed by atoms with Gasteiger partial charge in [0.15, 0.2) is 5.13 Å². The molecule has 3 rings (SSSR count). The third-order valence-electron chi connectivity index (χ3n) is 3.67. The number of likely N-dealkylation sites (tertiary alicyclic amines) is 1. The van der Waals surface area contributed by atoms with Gasteiger partial charge in [0, 0.05) is 13.7 Å². The second-order valence-corrected chi connectivity index (χ2v) is 6.18. The van der Waals surface area contributed by atoms with E-state index in [9.17, 15) is 9.59 Å². The number of methoxy groups -OCH3 is 1. The summed E-state index contributed by atoms with van der Waals surface area (Å²) in [5.74, 6) is -0.328. The van der Waals surface area contributed by atoms with Crippen LogP contribution in [0.15, 0.2) is 24.3 Å². The van der Waals surface area contributed by atoms with E-state index in [1.807, 2.05) is 24.3 Å². The maximum Gasteiger partial charge on any atom is 0.249 e. The lowest BCUT2D eigenvalue weighted by Crippen LogP contribution is -2.44. The Kier molecular flexibility index (Phi) is 4.35. The number of para-hydroxylation sites is 1. The number of nitrogens with one attached hydrogen (secondary N) is 1. The fourth-order valence-corrected chi connectivity index (χ4v) is 3.53. The fourth-order valence-electron chi connectivity index (χ4n) is 2.66. The van der Waals surface area contributed by atoms with Crippen molar-refractivity contribution in [1.29, 1.82) is 0 Å². The minimum absolute atomic E-state index is 0.00488. The van der Waals surface area contributed by atoms with Crippen molar-refractivity contribution in [3.05, 3.63) is 24.3 Å². The molecule has 1 aromatic carbocycles. The molecule has 7 heteroatoms. The highest BCUT2D eigenvalue weighted by Gasteiger charge is 2.34. The summed E-state index contributed by atoms with van der Waals surface area (Å²) in [5, 5.41) is 3.40. The molecule has 6 nitrogen and oxygen atoms in total. The Labute approximate surface area is 132 Å². The smallest absolute Gasteiger partial charge is 0.249 e. The lowest BCUT2D eigenvalue weighted by Gasteiger charge is -2.23. The van der Waals surface area contributed by atoms with Gasteiger partial charge < -0.3 is 15.0 Å². The minimum atomic E-state index is -0.435. The molecule has 2 amide bonds. The number of ether oxygens (including phenoxy) is 1. The summed E-state index contributed by atoms with van der Waals surface area (Å²) in [6.07, 6.45) is 1.50. The molecular formula is C15H17N3O3S. The van der Waals surface area contributed by atoms with Gasteiger partial charge in [0.25, 0.3) is 0 Å². The van der Waals surface area contributed by atoms with E-state index in [-0.39, 0.29) is 18.4 Å². The van der Waals surface area contributed by atoms with Crippen molar-refractivity contribution in [1.82, 2.24) is 9.88 Å². The van der Waals surface area contributed by atoms with E-state index in [0.717, 1.165) is 16.6 Å². The molecule has 0 saturated carbocycles. The zero-order valence-electron chi connectivity index (χ0n) is 12.2. The number of amides is 2. The Hall–Kier alpha value is -1.99. The molecule has 116 valence electrons. The number of carbonyl (C=O) groups is 2. The standard InChI is InChI=1S/C15H17N3O3S/c1-21-9-13(19)18-8-4-6-11(18)14(20)17-15-16-10-5-2-3-7-12(10)22-15/h2-3,5,7,11H,4,6,8-9H2,1H3,(H,16,17,20)/t11-/m0/s1. The molecule has 2 heterocycles. The largest absolute Gasteiger partial charge is 0.375 e. The average molecular weight is 319 g/mol. The van der Waals surface area contributed by atoms with Crippen LogP contribution in [0.1, 0.15) is 12.8 Å². The van der Waals surface area contributed by atoms with Gasteiger partial charge in [-0.25, -0.2) is 4.98 Å². The second kappa shape index (κ2) is 6.41. The van der Waals surface area contributed by atoms with Crippen LogP contribution in [-0.4, -0.2) is 48.0 Å². The van der Waals surface area contributed by atoms with Gasteiger partial charge in [-0.05, 0) is 25.0 Å². The summed E-state index contributed by atoms with van der Waals surface area (Å²) >= 11 is 1.43. The zero-order valence-corrected chi connectivity index (χ0v) is 13.1. The van der Waals surface area contributed by atoms with Gasteiger partial charge in [0.05, 0.1) is 10.2 Å². The van der Waals surface area contributed by atoms with Gasteiger partial charge in [0.1, 0.15) is 12.6 Å². The second-order valence-electron chi connectivity index (χ2n) is 5.15. The zero-order chi connectivity index (χ0) is 15.5. The maximum atomic E-state index is 12.4. The van der Waals surface area contributed by atoms with Crippen molar-refractivity contribution in [3.8, 4) is 0 Å². The first-order valence-electron chi connectivity index (χ1n) is 7.14. The molecule has 1 aromatic heterocycles. The molecule has 0 unspecified atom stereocenters. The van der Waals surface area contributed by atoms with E-state index in [0.29, 0.717) is 18.1 Å². The minimum Gasteiger partial charge on any atom is -0.375 e. The van der Waals surface area contributed by atoms with E-state index in [1.54, 1.807) is 4.90 Å². The van der Waals surface area contributed by atoms with E-state index >= 15 is 0 Å². The normalized spacial score (nSPS) is 17.9. The molecule has 1 atom stereocenters. The predicted octanol–water partition coefficient (Wildman–Crippen LogP) is 1.87. The first-order chi connectivity index (χ1) is 10.7. The quantitative estimate of drug-likeness (QED) is 0.934. The maximum absolute atomic E-state index is 12.4. The van der Waals surface area contributed by atoms with Gasteiger partial charge in [-0.15, -0.1) is 0 Å². The summed E-state index contributed by atoms with van der Waals surface area (Å²) in [6, 6.07) is 7.29. The molecule has 22 heavy (non-hydrogen) atoms. The molecule has 0 bridgehead atoms. The van der Waals surface area contributed by atoms with Crippen molar-refractivity contribution in [2.75, 3.05) is 25.6 Å². The van der Waals surface area contributed by atoms with Crippen LogP contribution >= 0.6 is 11.3 Å². The van der Waals surface area contributed by atoms with E-state index in [4.69, 9.17) is 4.74 Å². The van der Waals surface area contributed by atoms with Gasteiger partial charge >= 0.3 is 0 Å². The Bertz CT molecular complexity index is 667. The van der Waals surface area contributed by atoms with Gasteiger partial charge in [-0.2, -0.15) is 0 Å². The monoisotopic (exact) mass is 319 g/mol. The summed E-state index contributed by atoms with van der Waals surface area (Å²) < 4.78 is 5.89. The number of fused-ring (bicyclic) bond motifs is 1. The summed E-state index contributed by atoms with van der Waals surface area (Å²) in [6.45, 7) is 0.602. The van der Waals surface area contributed by atoms with Crippen LogP contribution in [0.5, 0.6) is 0 Å². The first-order valence-corrected chi connectivity index (χ1v) is 7.95. The number of hydrogen-bond acceptors (Lipinski definition) is 5. The highest BCUT2D eigenvalue weighted by Crippen LogP contribution is 2.26. The molecule has 0 radical (unpaired) electrons. The first kappa shape index (κ1) is 14.9. The average Bonchev–Trinajstić information content (AvgIpc) is 3.13. The predicted molar refractivity (Wildman–Crippen MR) is 84.9 cm³/mol. The molecule has 2 aromatic rings. The van der Waals surface area contributed by atoms with Crippen LogP contribution in [0.3, 0.4) is 0 Å². The van der Waals surface area contributed by atoms with E-state index < -0.39 is 6.04 Å². The van der Waals surface area contributed by atoms with Gasteiger partial charge in [-0.3, -0.25) is 9.59 Å². The van der Waals surface area contributed by atoms with E-state index in [1.165, 1.54) is 18.4 Å². The Balaban J connectivity index is 1.71. The molecule has 1 fully saturated rings. The molecule has 1 saturated heterocycles. The van der Waals surface area contributed by atoms with Crippen molar-refractivity contribution >= 4 is 38.5 Å². The number of thiazole rings is 1. The molecule has 1 aliphatic heterocycles. The number of rotatable bonds is 4. The Morgan fingerprint density at radius 2 is 2.27 bits per heavy atom. The third kappa shape index (κ3) is 2.95. The lowest BCUT2D eigenvalue weighted by atomic mass is 10.2. The number of nitrogens with zero attached hydrogens (tertiary/aromatic N) is 2.